The molecule has 0 aliphatic carbocycles. The van der Waals surface area contributed by atoms with Gasteiger partial charge in [0.05, 0.1) is 12.7 Å². The van der Waals surface area contributed by atoms with E-state index in [1.54, 1.807) is 31.4 Å². The maximum atomic E-state index is 13.2. The first-order chi connectivity index (χ1) is 15.3. The molecule has 164 valence electrons. The largest absolute Gasteiger partial charge is 0.507 e. The molecular weight excluding hydrogens is 490 g/mol. The van der Waals surface area contributed by atoms with Gasteiger partial charge in [0, 0.05) is 20.6 Å². The normalized spacial score (nSPS) is 17.9. The van der Waals surface area contributed by atoms with Gasteiger partial charge in [-0.05, 0) is 59.3 Å². The number of carbonyl (C=O) groups excluding carboxylic acids is 2. The van der Waals surface area contributed by atoms with E-state index in [0.29, 0.717) is 17.0 Å². The monoisotopic (exact) mass is 511 g/mol. The summed E-state index contributed by atoms with van der Waals surface area (Å²) in [7, 11) is 1.60. The molecule has 1 fully saturated rings. The van der Waals surface area contributed by atoms with Crippen molar-refractivity contribution in [3.05, 3.63) is 86.0 Å². The highest BCUT2D eigenvalue weighted by Gasteiger charge is 2.47. The Labute approximate surface area is 199 Å². The third-order valence-corrected chi connectivity index (χ3v) is 6.89. The van der Waals surface area contributed by atoms with E-state index in [9.17, 15) is 14.7 Å². The Hall–Kier alpha value is -2.90. The summed E-state index contributed by atoms with van der Waals surface area (Å²) in [6.07, 6.45) is 0. The van der Waals surface area contributed by atoms with Gasteiger partial charge < -0.3 is 9.84 Å². The van der Waals surface area contributed by atoms with Crippen LogP contribution in [0.4, 0.5) is 5.69 Å². The number of methoxy groups -OCH3 is 1. The molecule has 1 atom stereocenters. The molecule has 1 aliphatic heterocycles. The summed E-state index contributed by atoms with van der Waals surface area (Å²) >= 11 is 4.87. The quantitative estimate of drug-likeness (QED) is 0.249. The Balaban J connectivity index is 1.92. The van der Waals surface area contributed by atoms with Gasteiger partial charge in [-0.15, -0.1) is 11.3 Å². The second kappa shape index (κ2) is 8.92. The van der Waals surface area contributed by atoms with Gasteiger partial charge in [0.15, 0.2) is 0 Å². The summed E-state index contributed by atoms with van der Waals surface area (Å²) in [6, 6.07) is 15.5. The van der Waals surface area contributed by atoms with Crippen LogP contribution in [0.15, 0.2) is 70.0 Å². The van der Waals surface area contributed by atoms with Gasteiger partial charge in [0.2, 0.25) is 0 Å². The minimum Gasteiger partial charge on any atom is -0.507 e. The van der Waals surface area contributed by atoms with Crippen LogP contribution < -0.4 is 9.64 Å². The van der Waals surface area contributed by atoms with Crippen molar-refractivity contribution in [2.24, 2.45) is 0 Å². The molecule has 1 unspecified atom stereocenters. The van der Waals surface area contributed by atoms with E-state index >= 15 is 0 Å². The van der Waals surface area contributed by atoms with Gasteiger partial charge in [-0.2, -0.15) is 0 Å². The molecule has 2 aromatic carbocycles. The number of ether oxygens (including phenoxy) is 1. The van der Waals surface area contributed by atoms with Crippen LogP contribution in [0.2, 0.25) is 0 Å². The highest BCUT2D eigenvalue weighted by molar-refractivity contribution is 9.10. The average Bonchev–Trinajstić information content (AvgIpc) is 3.39. The molecule has 1 aliphatic rings. The van der Waals surface area contributed by atoms with E-state index in [0.717, 1.165) is 14.9 Å². The lowest BCUT2D eigenvalue weighted by Gasteiger charge is -2.24. The summed E-state index contributed by atoms with van der Waals surface area (Å²) in [6.45, 7) is 4.05. The van der Waals surface area contributed by atoms with Crippen LogP contribution in [0.25, 0.3) is 5.76 Å². The van der Waals surface area contributed by atoms with Gasteiger partial charge >= 0.3 is 0 Å². The van der Waals surface area contributed by atoms with Gasteiger partial charge in [-0.3, -0.25) is 14.5 Å². The third-order valence-electron chi connectivity index (χ3n) is 5.47. The van der Waals surface area contributed by atoms with Crippen molar-refractivity contribution < 1.29 is 19.4 Å². The van der Waals surface area contributed by atoms with E-state index in [1.807, 2.05) is 49.6 Å². The van der Waals surface area contributed by atoms with Crippen molar-refractivity contribution in [3.63, 3.8) is 0 Å². The molecule has 0 radical (unpaired) electrons. The number of aliphatic hydroxyl groups is 1. The van der Waals surface area contributed by atoms with E-state index in [1.165, 1.54) is 16.2 Å². The number of benzene rings is 2. The molecule has 0 bridgehead atoms. The molecule has 32 heavy (non-hydrogen) atoms. The van der Waals surface area contributed by atoms with Crippen molar-refractivity contribution >= 4 is 50.4 Å². The van der Waals surface area contributed by atoms with Crippen molar-refractivity contribution in [1.82, 2.24) is 0 Å². The maximum absolute atomic E-state index is 13.2. The fraction of sp³-hybridized carbons (Fsp3) is 0.200. The molecule has 1 N–H and O–H groups in total. The number of hydrogen-bond donors (Lipinski definition) is 1. The number of anilines is 1. The van der Waals surface area contributed by atoms with Crippen LogP contribution in [-0.4, -0.2) is 23.9 Å². The number of ketones is 1. The highest BCUT2D eigenvalue weighted by atomic mass is 79.9. The summed E-state index contributed by atoms with van der Waals surface area (Å²) in [5, 5.41) is 13.2. The van der Waals surface area contributed by atoms with E-state index < -0.39 is 17.7 Å². The molecule has 1 aromatic heterocycles. The van der Waals surface area contributed by atoms with Gasteiger partial charge in [-0.25, -0.2) is 0 Å². The van der Waals surface area contributed by atoms with Gasteiger partial charge in [-0.1, -0.05) is 41.9 Å². The first-order valence-corrected chi connectivity index (χ1v) is 11.8. The summed E-state index contributed by atoms with van der Waals surface area (Å²) in [5.74, 6) is -0.706. The molecule has 5 nitrogen and oxygen atoms in total. The lowest BCUT2D eigenvalue weighted by Crippen LogP contribution is -2.29. The van der Waals surface area contributed by atoms with Crippen LogP contribution in [0.1, 0.15) is 41.8 Å². The average molecular weight is 512 g/mol. The zero-order valence-electron chi connectivity index (χ0n) is 17.8. The third kappa shape index (κ3) is 3.87. The second-order valence-corrected chi connectivity index (χ2v) is 9.67. The van der Waals surface area contributed by atoms with Gasteiger partial charge in [0.25, 0.3) is 11.7 Å². The minimum absolute atomic E-state index is 0.0808. The molecule has 1 saturated heterocycles. The minimum atomic E-state index is -0.714. The number of amides is 1. The fourth-order valence-electron chi connectivity index (χ4n) is 3.93. The molecule has 2 heterocycles. The predicted molar refractivity (Wildman–Crippen MR) is 130 cm³/mol. The Kier molecular flexibility index (Phi) is 6.22. The van der Waals surface area contributed by atoms with Crippen molar-refractivity contribution in [3.8, 4) is 5.75 Å². The number of hydrogen-bond acceptors (Lipinski definition) is 5. The van der Waals surface area contributed by atoms with Crippen LogP contribution in [0.3, 0.4) is 0 Å². The second-order valence-electron chi connectivity index (χ2n) is 7.78. The predicted octanol–water partition coefficient (Wildman–Crippen LogP) is 6.27. The van der Waals surface area contributed by atoms with Crippen molar-refractivity contribution in [1.29, 1.82) is 0 Å². The topological polar surface area (TPSA) is 66.8 Å². The molecule has 0 saturated carbocycles. The number of Topliss-reactive ketones (excluding diaryl/α,β-unsaturated/α-hetero) is 1. The fourth-order valence-corrected chi connectivity index (χ4v) is 5.14. The number of nitrogens with zero attached hydrogens (tertiary/aromatic N) is 1. The number of rotatable bonds is 5. The van der Waals surface area contributed by atoms with Crippen molar-refractivity contribution in [2.45, 2.75) is 25.8 Å². The summed E-state index contributed by atoms with van der Waals surface area (Å²) in [4.78, 5) is 28.6. The number of thiophene rings is 1. The van der Waals surface area contributed by atoms with Crippen LogP contribution in [0.5, 0.6) is 5.75 Å². The lowest BCUT2D eigenvalue weighted by molar-refractivity contribution is -0.132. The first kappa shape index (κ1) is 22.3. The first-order valence-electron chi connectivity index (χ1n) is 10.1. The number of aliphatic hydroxyl groups excluding tert-OH is 1. The van der Waals surface area contributed by atoms with Gasteiger partial charge in [0.1, 0.15) is 17.6 Å². The van der Waals surface area contributed by atoms with E-state index in [2.05, 4.69) is 15.9 Å². The summed E-state index contributed by atoms with van der Waals surface area (Å²) in [5.41, 5.74) is 2.04. The Bertz CT molecular complexity index is 1220. The van der Waals surface area contributed by atoms with E-state index in [-0.39, 0.29) is 17.3 Å². The SMILES string of the molecule is COc1ccc(/C(O)=C2/C(=O)C(=O)N(c3cccc(Br)c3)C2c2cccs2)cc1C(C)C. The van der Waals surface area contributed by atoms with Crippen LogP contribution in [0, 0.1) is 0 Å². The standard InChI is InChI=1S/C25H22BrNO4S/c1-14(2)18-12-15(9-10-19(18)31-3)23(28)21-22(20-8-5-11-32-20)27(25(30)24(21)29)17-7-4-6-16(26)13-17/h4-14,22,28H,1-3H3/b23-21-. The molecule has 7 heteroatoms. The lowest BCUT2D eigenvalue weighted by atomic mass is 9.95. The maximum Gasteiger partial charge on any atom is 0.300 e. The Morgan fingerprint density at radius 2 is 1.91 bits per heavy atom. The molecule has 0 spiro atoms. The Morgan fingerprint density at radius 1 is 1.12 bits per heavy atom. The van der Waals surface area contributed by atoms with Crippen LogP contribution in [-0.2, 0) is 9.59 Å². The Morgan fingerprint density at radius 3 is 2.53 bits per heavy atom. The highest BCUT2D eigenvalue weighted by Crippen LogP contribution is 2.44. The smallest absolute Gasteiger partial charge is 0.300 e. The van der Waals surface area contributed by atoms with E-state index in [4.69, 9.17) is 4.74 Å². The number of halogens is 1. The van der Waals surface area contributed by atoms with Crippen molar-refractivity contribution in [2.75, 3.05) is 12.0 Å². The molecule has 4 rings (SSSR count). The van der Waals surface area contributed by atoms with Crippen LogP contribution >= 0.6 is 27.3 Å². The zero-order valence-corrected chi connectivity index (χ0v) is 20.2. The zero-order chi connectivity index (χ0) is 23.0. The molecule has 1 amide bonds. The number of carbonyl (C=O) groups is 2. The summed E-state index contributed by atoms with van der Waals surface area (Å²) < 4.78 is 6.23. The molecule has 3 aromatic rings. The molecular formula is C25H22BrNO4S.